The van der Waals surface area contributed by atoms with Gasteiger partial charge in [-0.05, 0) is 30.7 Å². The van der Waals surface area contributed by atoms with Crippen molar-refractivity contribution in [2.75, 3.05) is 5.33 Å². The fraction of sp³-hybridized carbons (Fsp3) is 0.500. The van der Waals surface area contributed by atoms with E-state index in [4.69, 9.17) is 0 Å². The molecular formula is C12H17Br. The topological polar surface area (TPSA) is 0 Å². The van der Waals surface area contributed by atoms with Gasteiger partial charge < -0.3 is 0 Å². The zero-order valence-electron chi connectivity index (χ0n) is 8.17. The van der Waals surface area contributed by atoms with Gasteiger partial charge in [-0.25, -0.2) is 0 Å². The van der Waals surface area contributed by atoms with Crippen LogP contribution in [0, 0.1) is 5.92 Å². The van der Waals surface area contributed by atoms with Crippen LogP contribution in [0.5, 0.6) is 0 Å². The molecule has 13 heavy (non-hydrogen) atoms. The number of benzene rings is 1. The van der Waals surface area contributed by atoms with E-state index in [1.165, 1.54) is 24.8 Å². The molecule has 0 bridgehead atoms. The standard InChI is InChI=1S/C12H17Br/c1-11(9-10-13)7-8-12-5-3-2-4-6-12/h2-6,11H,7-10H2,1H3/t11-/m0/s1. The van der Waals surface area contributed by atoms with E-state index in [1.807, 2.05) is 0 Å². The van der Waals surface area contributed by atoms with Gasteiger partial charge in [0.15, 0.2) is 0 Å². The molecule has 0 aliphatic carbocycles. The Labute approximate surface area is 89.5 Å². The van der Waals surface area contributed by atoms with Gasteiger partial charge in [-0.3, -0.25) is 0 Å². The Kier molecular flexibility index (Phi) is 5.14. The lowest BCUT2D eigenvalue weighted by Crippen LogP contribution is -1.97. The zero-order valence-corrected chi connectivity index (χ0v) is 9.76. The number of hydrogen-bond donors (Lipinski definition) is 0. The van der Waals surface area contributed by atoms with Crippen LogP contribution in [0.3, 0.4) is 0 Å². The van der Waals surface area contributed by atoms with Crippen molar-refractivity contribution in [1.29, 1.82) is 0 Å². The summed E-state index contributed by atoms with van der Waals surface area (Å²) in [6.07, 6.45) is 3.80. The second-order valence-electron chi connectivity index (χ2n) is 3.61. The molecule has 0 fully saturated rings. The number of aryl methyl sites for hydroxylation is 1. The second-order valence-corrected chi connectivity index (χ2v) is 4.40. The zero-order chi connectivity index (χ0) is 9.52. The molecule has 0 aromatic heterocycles. The highest BCUT2D eigenvalue weighted by Crippen LogP contribution is 2.13. The first-order chi connectivity index (χ1) is 6.33. The lowest BCUT2D eigenvalue weighted by atomic mass is 9.99. The van der Waals surface area contributed by atoms with Gasteiger partial charge in [-0.15, -0.1) is 0 Å². The third-order valence-electron chi connectivity index (χ3n) is 2.37. The summed E-state index contributed by atoms with van der Waals surface area (Å²) in [5.41, 5.74) is 1.46. The van der Waals surface area contributed by atoms with Gasteiger partial charge in [0.05, 0.1) is 0 Å². The van der Waals surface area contributed by atoms with Crippen LogP contribution in [-0.2, 0) is 6.42 Å². The van der Waals surface area contributed by atoms with Gasteiger partial charge in [0.25, 0.3) is 0 Å². The normalized spacial score (nSPS) is 12.8. The van der Waals surface area contributed by atoms with E-state index in [2.05, 4.69) is 53.2 Å². The Morgan fingerprint density at radius 3 is 2.46 bits per heavy atom. The van der Waals surface area contributed by atoms with Crippen LogP contribution in [0.4, 0.5) is 0 Å². The molecule has 1 aromatic rings. The first kappa shape index (κ1) is 10.8. The van der Waals surface area contributed by atoms with Crippen molar-refractivity contribution in [3.05, 3.63) is 35.9 Å². The SMILES string of the molecule is C[C@H](CCBr)CCc1ccccc1. The maximum Gasteiger partial charge on any atom is 0.00338 e. The molecule has 72 valence electrons. The lowest BCUT2D eigenvalue weighted by molar-refractivity contribution is 0.522. The van der Waals surface area contributed by atoms with Gasteiger partial charge in [0.2, 0.25) is 0 Å². The second kappa shape index (κ2) is 6.20. The smallest absolute Gasteiger partial charge is 0.00338 e. The molecule has 1 rings (SSSR count). The molecule has 0 heterocycles. The van der Waals surface area contributed by atoms with Crippen molar-refractivity contribution in [2.45, 2.75) is 26.2 Å². The first-order valence-corrected chi connectivity index (χ1v) is 6.05. The predicted octanol–water partition coefficient (Wildman–Crippen LogP) is 4.04. The summed E-state index contributed by atoms with van der Waals surface area (Å²) in [4.78, 5) is 0. The van der Waals surface area contributed by atoms with Gasteiger partial charge >= 0.3 is 0 Å². The van der Waals surface area contributed by atoms with Crippen LogP contribution in [0.1, 0.15) is 25.3 Å². The number of hydrogen-bond acceptors (Lipinski definition) is 0. The highest BCUT2D eigenvalue weighted by molar-refractivity contribution is 9.09. The molecule has 0 aliphatic heterocycles. The summed E-state index contributed by atoms with van der Waals surface area (Å²) in [6, 6.07) is 10.7. The molecule has 1 atom stereocenters. The van der Waals surface area contributed by atoms with Gasteiger partial charge in [0.1, 0.15) is 0 Å². The molecule has 1 heteroatoms. The van der Waals surface area contributed by atoms with Crippen LogP contribution >= 0.6 is 15.9 Å². The Balaban J connectivity index is 2.27. The van der Waals surface area contributed by atoms with Crippen molar-refractivity contribution in [2.24, 2.45) is 5.92 Å². The lowest BCUT2D eigenvalue weighted by Gasteiger charge is -2.08. The van der Waals surface area contributed by atoms with Crippen molar-refractivity contribution in [3.63, 3.8) is 0 Å². The Bertz CT molecular complexity index is 218. The minimum Gasteiger partial charge on any atom is -0.0928 e. The van der Waals surface area contributed by atoms with Crippen molar-refractivity contribution in [1.82, 2.24) is 0 Å². The summed E-state index contributed by atoms with van der Waals surface area (Å²) < 4.78 is 0. The highest BCUT2D eigenvalue weighted by atomic mass is 79.9. The molecule has 0 spiro atoms. The summed E-state index contributed by atoms with van der Waals surface area (Å²) in [5.74, 6) is 0.833. The van der Waals surface area contributed by atoms with Crippen molar-refractivity contribution >= 4 is 15.9 Å². The quantitative estimate of drug-likeness (QED) is 0.682. The molecule has 0 saturated heterocycles. The molecule has 0 N–H and O–H groups in total. The molecule has 0 radical (unpaired) electrons. The number of halogens is 1. The monoisotopic (exact) mass is 240 g/mol. The first-order valence-electron chi connectivity index (χ1n) is 4.93. The maximum absolute atomic E-state index is 3.48. The third-order valence-corrected chi connectivity index (χ3v) is 2.83. The van der Waals surface area contributed by atoms with Crippen molar-refractivity contribution in [3.8, 4) is 0 Å². The summed E-state index contributed by atoms with van der Waals surface area (Å²) in [6.45, 7) is 2.32. The largest absolute Gasteiger partial charge is 0.0928 e. The molecule has 0 nitrogen and oxygen atoms in total. The molecule has 1 aromatic carbocycles. The maximum atomic E-state index is 3.48. The van der Waals surface area contributed by atoms with E-state index in [-0.39, 0.29) is 0 Å². The average Bonchev–Trinajstić information content (AvgIpc) is 2.17. The van der Waals surface area contributed by atoms with E-state index in [9.17, 15) is 0 Å². The minimum atomic E-state index is 0.833. The Hall–Kier alpha value is -0.300. The van der Waals surface area contributed by atoms with Gasteiger partial charge in [0, 0.05) is 5.33 Å². The average molecular weight is 241 g/mol. The highest BCUT2D eigenvalue weighted by Gasteiger charge is 2.00. The molecular weight excluding hydrogens is 224 g/mol. The van der Waals surface area contributed by atoms with Crippen LogP contribution in [0.15, 0.2) is 30.3 Å². The summed E-state index contributed by atoms with van der Waals surface area (Å²) in [5, 5.41) is 1.13. The fourth-order valence-corrected chi connectivity index (χ4v) is 2.17. The molecule has 0 saturated carbocycles. The van der Waals surface area contributed by atoms with Crippen molar-refractivity contribution < 1.29 is 0 Å². The van der Waals surface area contributed by atoms with Crippen LogP contribution in [0.25, 0.3) is 0 Å². The van der Waals surface area contributed by atoms with Gasteiger partial charge in [-0.1, -0.05) is 53.2 Å². The summed E-state index contributed by atoms with van der Waals surface area (Å²) in [7, 11) is 0. The molecule has 0 amide bonds. The van der Waals surface area contributed by atoms with E-state index < -0.39 is 0 Å². The number of alkyl halides is 1. The van der Waals surface area contributed by atoms with Crippen LogP contribution in [0.2, 0.25) is 0 Å². The molecule has 0 aliphatic rings. The van der Waals surface area contributed by atoms with Crippen LogP contribution in [-0.4, -0.2) is 5.33 Å². The van der Waals surface area contributed by atoms with E-state index in [0.717, 1.165) is 11.2 Å². The van der Waals surface area contributed by atoms with E-state index in [0.29, 0.717) is 0 Å². The third kappa shape index (κ3) is 4.47. The van der Waals surface area contributed by atoms with E-state index >= 15 is 0 Å². The minimum absolute atomic E-state index is 0.833. The molecule has 0 unspecified atom stereocenters. The Morgan fingerprint density at radius 1 is 1.15 bits per heavy atom. The fourth-order valence-electron chi connectivity index (χ4n) is 1.39. The predicted molar refractivity (Wildman–Crippen MR) is 62.3 cm³/mol. The number of rotatable bonds is 5. The summed E-state index contributed by atoms with van der Waals surface area (Å²) >= 11 is 3.48. The van der Waals surface area contributed by atoms with Crippen LogP contribution < -0.4 is 0 Å². The van der Waals surface area contributed by atoms with E-state index in [1.54, 1.807) is 0 Å². The van der Waals surface area contributed by atoms with Gasteiger partial charge in [-0.2, -0.15) is 0 Å². The Morgan fingerprint density at radius 2 is 1.85 bits per heavy atom.